The van der Waals surface area contributed by atoms with Crippen LogP contribution in [0.3, 0.4) is 0 Å². The molecule has 3 heteroatoms. The molecule has 0 aromatic heterocycles. The predicted molar refractivity (Wildman–Crippen MR) is 83.4 cm³/mol. The molecule has 1 heterocycles. The van der Waals surface area contributed by atoms with Gasteiger partial charge >= 0.3 is 0 Å². The fourth-order valence-corrected chi connectivity index (χ4v) is 3.16. The van der Waals surface area contributed by atoms with Crippen molar-refractivity contribution in [2.75, 3.05) is 18.8 Å². The fraction of sp³-hybridized carbons (Fsp3) is 0.588. The molecule has 0 atom stereocenters. The van der Waals surface area contributed by atoms with E-state index in [9.17, 15) is 4.79 Å². The summed E-state index contributed by atoms with van der Waals surface area (Å²) in [6.45, 7) is 6.33. The summed E-state index contributed by atoms with van der Waals surface area (Å²) in [6.07, 6.45) is 5.14. The maximum atomic E-state index is 12.4. The molecule has 1 aliphatic heterocycles. The number of hydrogen-bond donors (Lipinski definition) is 1. The van der Waals surface area contributed by atoms with E-state index in [1.807, 2.05) is 29.2 Å². The van der Waals surface area contributed by atoms with Crippen LogP contribution < -0.4 is 5.73 Å². The van der Waals surface area contributed by atoms with Gasteiger partial charge in [-0.25, -0.2) is 0 Å². The van der Waals surface area contributed by atoms with Crippen molar-refractivity contribution in [2.45, 2.75) is 46.0 Å². The third-order valence-corrected chi connectivity index (χ3v) is 5.07. The van der Waals surface area contributed by atoms with Crippen LogP contribution in [0.2, 0.25) is 0 Å². The summed E-state index contributed by atoms with van der Waals surface area (Å²) < 4.78 is 0. The van der Waals surface area contributed by atoms with Crippen LogP contribution in [0.25, 0.3) is 0 Å². The molecule has 1 amide bonds. The van der Waals surface area contributed by atoms with Crippen molar-refractivity contribution < 1.29 is 4.79 Å². The van der Waals surface area contributed by atoms with Crippen LogP contribution in [0, 0.1) is 5.41 Å². The highest BCUT2D eigenvalue weighted by molar-refractivity contribution is 5.80. The lowest BCUT2D eigenvalue weighted by atomic mass is 9.74. The molecule has 20 heavy (non-hydrogen) atoms. The number of carbonyl (C=O) groups is 1. The zero-order valence-electron chi connectivity index (χ0n) is 12.7. The average molecular weight is 274 g/mol. The smallest absolute Gasteiger partial charge is 0.227 e. The molecule has 0 saturated carbocycles. The highest BCUT2D eigenvalue weighted by Gasteiger charge is 2.32. The number of para-hydroxylation sites is 1. The molecule has 0 spiro atoms. The molecule has 1 aromatic carbocycles. The van der Waals surface area contributed by atoms with Gasteiger partial charge in [0.05, 0.1) is 6.42 Å². The Kier molecular flexibility index (Phi) is 4.69. The fourth-order valence-electron chi connectivity index (χ4n) is 3.16. The van der Waals surface area contributed by atoms with Gasteiger partial charge < -0.3 is 10.6 Å². The number of nitrogen functional groups attached to an aromatic ring is 1. The first-order chi connectivity index (χ1) is 9.60. The van der Waals surface area contributed by atoms with Crippen molar-refractivity contribution in [3.8, 4) is 0 Å². The van der Waals surface area contributed by atoms with Crippen LogP contribution in [-0.2, 0) is 11.2 Å². The van der Waals surface area contributed by atoms with Gasteiger partial charge in [-0.2, -0.15) is 0 Å². The molecule has 110 valence electrons. The molecule has 0 aliphatic carbocycles. The van der Waals surface area contributed by atoms with Gasteiger partial charge in [-0.05, 0) is 29.9 Å². The van der Waals surface area contributed by atoms with Crippen LogP contribution in [0.4, 0.5) is 5.69 Å². The minimum Gasteiger partial charge on any atom is -0.398 e. The third kappa shape index (κ3) is 3.14. The molecule has 0 unspecified atom stereocenters. The summed E-state index contributed by atoms with van der Waals surface area (Å²) in [7, 11) is 0. The van der Waals surface area contributed by atoms with E-state index in [4.69, 9.17) is 5.73 Å². The first-order valence-electron chi connectivity index (χ1n) is 7.71. The summed E-state index contributed by atoms with van der Waals surface area (Å²) in [4.78, 5) is 14.4. The van der Waals surface area contributed by atoms with E-state index >= 15 is 0 Å². The zero-order valence-corrected chi connectivity index (χ0v) is 12.7. The number of anilines is 1. The topological polar surface area (TPSA) is 46.3 Å². The van der Waals surface area contributed by atoms with Gasteiger partial charge in [0, 0.05) is 18.8 Å². The zero-order chi connectivity index (χ0) is 14.6. The molecule has 1 aliphatic rings. The number of benzene rings is 1. The monoisotopic (exact) mass is 274 g/mol. The van der Waals surface area contributed by atoms with Crippen molar-refractivity contribution in [3.05, 3.63) is 29.8 Å². The third-order valence-electron chi connectivity index (χ3n) is 5.07. The average Bonchev–Trinajstić information content (AvgIpc) is 2.49. The van der Waals surface area contributed by atoms with Gasteiger partial charge in [0.25, 0.3) is 0 Å². The number of carbonyl (C=O) groups excluding carboxylic acids is 1. The number of rotatable bonds is 4. The Hall–Kier alpha value is -1.51. The second kappa shape index (κ2) is 6.29. The minimum absolute atomic E-state index is 0.212. The number of nitrogens with two attached hydrogens (primary N) is 1. The highest BCUT2D eigenvalue weighted by atomic mass is 16.2. The second-order valence-electron chi connectivity index (χ2n) is 5.96. The normalized spacial score (nSPS) is 18.0. The lowest BCUT2D eigenvalue weighted by molar-refractivity contribution is -0.132. The number of amides is 1. The Morgan fingerprint density at radius 3 is 2.35 bits per heavy atom. The summed E-state index contributed by atoms with van der Waals surface area (Å²) >= 11 is 0. The molecule has 1 saturated heterocycles. The molecule has 0 radical (unpaired) electrons. The minimum atomic E-state index is 0.212. The highest BCUT2D eigenvalue weighted by Crippen LogP contribution is 2.37. The van der Waals surface area contributed by atoms with Crippen LogP contribution >= 0.6 is 0 Å². The lowest BCUT2D eigenvalue weighted by Gasteiger charge is -2.41. The Morgan fingerprint density at radius 1 is 1.20 bits per heavy atom. The molecule has 2 N–H and O–H groups in total. The summed E-state index contributed by atoms with van der Waals surface area (Å²) in [5, 5.41) is 0. The van der Waals surface area contributed by atoms with E-state index in [0.717, 1.165) is 31.5 Å². The van der Waals surface area contributed by atoms with Gasteiger partial charge in [-0.1, -0.05) is 44.9 Å². The largest absolute Gasteiger partial charge is 0.398 e. The summed E-state index contributed by atoms with van der Waals surface area (Å²) in [5.74, 6) is 0.212. The van der Waals surface area contributed by atoms with Crippen molar-refractivity contribution in [1.82, 2.24) is 4.90 Å². The lowest BCUT2D eigenvalue weighted by Crippen LogP contribution is -2.43. The van der Waals surface area contributed by atoms with Crippen molar-refractivity contribution >= 4 is 11.6 Å². The molecular formula is C17H26N2O. The molecular weight excluding hydrogens is 248 g/mol. The second-order valence-corrected chi connectivity index (χ2v) is 5.96. The van der Waals surface area contributed by atoms with Gasteiger partial charge in [0.1, 0.15) is 0 Å². The number of nitrogens with zero attached hydrogens (tertiary/aromatic N) is 1. The van der Waals surface area contributed by atoms with Gasteiger partial charge in [-0.15, -0.1) is 0 Å². The summed E-state index contributed by atoms with van der Waals surface area (Å²) in [5.41, 5.74) is 8.04. The maximum Gasteiger partial charge on any atom is 0.227 e. The number of likely N-dealkylation sites (tertiary alicyclic amines) is 1. The van der Waals surface area contributed by atoms with Crippen LogP contribution in [0.5, 0.6) is 0 Å². The van der Waals surface area contributed by atoms with Crippen LogP contribution in [-0.4, -0.2) is 23.9 Å². The SMILES string of the molecule is CCC1(CC)CCN(C(=O)Cc2ccccc2N)CC1. The van der Waals surface area contributed by atoms with Gasteiger partial charge in [-0.3, -0.25) is 4.79 Å². The molecule has 2 rings (SSSR count). The number of piperidine rings is 1. The Balaban J connectivity index is 1.94. The Bertz CT molecular complexity index is 456. The van der Waals surface area contributed by atoms with E-state index in [2.05, 4.69) is 13.8 Å². The van der Waals surface area contributed by atoms with Gasteiger partial charge in [0.2, 0.25) is 5.91 Å². The standard InChI is InChI=1S/C17H26N2O/c1-3-17(4-2)9-11-19(12-10-17)16(20)13-14-7-5-6-8-15(14)18/h5-8H,3-4,9-13,18H2,1-2H3. The van der Waals surface area contributed by atoms with Crippen molar-refractivity contribution in [3.63, 3.8) is 0 Å². The predicted octanol–water partition coefficient (Wildman–Crippen LogP) is 3.24. The molecule has 0 bridgehead atoms. The van der Waals surface area contributed by atoms with E-state index in [1.165, 1.54) is 12.8 Å². The molecule has 3 nitrogen and oxygen atoms in total. The quantitative estimate of drug-likeness (QED) is 0.857. The van der Waals surface area contributed by atoms with Crippen LogP contribution in [0.1, 0.15) is 45.1 Å². The van der Waals surface area contributed by atoms with E-state index < -0.39 is 0 Å². The van der Waals surface area contributed by atoms with Crippen LogP contribution in [0.15, 0.2) is 24.3 Å². The molecule has 1 fully saturated rings. The summed E-state index contributed by atoms with van der Waals surface area (Å²) in [6, 6.07) is 7.65. The first-order valence-corrected chi connectivity index (χ1v) is 7.71. The van der Waals surface area contributed by atoms with E-state index in [0.29, 0.717) is 17.5 Å². The first kappa shape index (κ1) is 14.9. The van der Waals surface area contributed by atoms with E-state index in [1.54, 1.807) is 0 Å². The van der Waals surface area contributed by atoms with E-state index in [-0.39, 0.29) is 5.91 Å². The van der Waals surface area contributed by atoms with Crippen molar-refractivity contribution in [1.29, 1.82) is 0 Å². The Morgan fingerprint density at radius 2 is 1.80 bits per heavy atom. The molecule has 1 aromatic rings. The van der Waals surface area contributed by atoms with Gasteiger partial charge in [0.15, 0.2) is 0 Å². The maximum absolute atomic E-state index is 12.4. The van der Waals surface area contributed by atoms with Crippen molar-refractivity contribution in [2.24, 2.45) is 5.41 Å². The number of hydrogen-bond acceptors (Lipinski definition) is 2. The Labute approximate surface area is 122 Å².